The molecule has 0 bridgehead atoms. The van der Waals surface area contributed by atoms with Gasteiger partial charge in [-0.2, -0.15) is 26.3 Å². The van der Waals surface area contributed by atoms with E-state index in [0.717, 1.165) is 6.07 Å². The van der Waals surface area contributed by atoms with Crippen LogP contribution in [0, 0.1) is 5.82 Å². The molecule has 6 nitrogen and oxygen atoms in total. The number of hydrogen-bond donors (Lipinski definition) is 0. The maximum Gasteiger partial charge on any atom is 0.433 e. The van der Waals surface area contributed by atoms with Gasteiger partial charge in [-0.25, -0.2) is 9.37 Å². The Kier molecular flexibility index (Phi) is 6.10. The van der Waals surface area contributed by atoms with Crippen LogP contribution < -0.4 is 4.90 Å². The van der Waals surface area contributed by atoms with Crippen LogP contribution in [0.25, 0.3) is 5.69 Å². The van der Waals surface area contributed by atoms with E-state index in [1.54, 1.807) is 22.8 Å². The summed E-state index contributed by atoms with van der Waals surface area (Å²) in [5.74, 6) is -0.494. The van der Waals surface area contributed by atoms with E-state index >= 15 is 0 Å². The molecule has 1 aromatic carbocycles. The second-order valence-corrected chi connectivity index (χ2v) is 10.7. The average molecular weight is 575 g/mol. The molecular formula is C25H22ClF7N6. The molecule has 2 aliphatic heterocycles. The summed E-state index contributed by atoms with van der Waals surface area (Å²) in [7, 11) is 0. The van der Waals surface area contributed by atoms with E-state index in [9.17, 15) is 30.7 Å². The van der Waals surface area contributed by atoms with Crippen molar-refractivity contribution in [1.29, 1.82) is 0 Å². The van der Waals surface area contributed by atoms with Gasteiger partial charge in [-0.15, -0.1) is 10.2 Å². The molecule has 0 N–H and O–H groups in total. The smallest absolute Gasteiger partial charge is 0.354 e. The highest BCUT2D eigenvalue weighted by Crippen LogP contribution is 2.55. The standard InChI is InChI=1S/C25H22ClF7N6/c26-16-1-3-18-15(11-16)12-38(23(7-8-23)25(31,32)33)13-20-35-36-21(39(18)20)14-5-9-37(10-6-14)22-17(27)2-4-19(34-22)24(28,29)30/h1-4,11,14H,5-10,12-13H2. The second kappa shape index (κ2) is 9.05. The molecule has 39 heavy (non-hydrogen) atoms. The summed E-state index contributed by atoms with van der Waals surface area (Å²) in [5.41, 5.74) is -1.83. The molecule has 6 rings (SSSR count). The first-order valence-electron chi connectivity index (χ1n) is 12.4. The van der Waals surface area contributed by atoms with Crippen molar-refractivity contribution in [3.63, 3.8) is 0 Å². The van der Waals surface area contributed by atoms with Crippen molar-refractivity contribution in [3.05, 3.63) is 64.1 Å². The predicted molar refractivity (Wildman–Crippen MR) is 127 cm³/mol. The summed E-state index contributed by atoms with van der Waals surface area (Å²) in [6.07, 6.45) is -8.26. The van der Waals surface area contributed by atoms with Gasteiger partial charge in [0.25, 0.3) is 0 Å². The van der Waals surface area contributed by atoms with Gasteiger partial charge in [0.2, 0.25) is 0 Å². The highest BCUT2D eigenvalue weighted by molar-refractivity contribution is 6.30. The molecule has 2 aromatic heterocycles. The third-order valence-corrected chi connectivity index (χ3v) is 8.10. The van der Waals surface area contributed by atoms with E-state index in [4.69, 9.17) is 11.6 Å². The highest BCUT2D eigenvalue weighted by atomic mass is 35.5. The fourth-order valence-electron chi connectivity index (χ4n) is 5.65. The van der Waals surface area contributed by atoms with Gasteiger partial charge in [0.1, 0.15) is 17.1 Å². The fourth-order valence-corrected chi connectivity index (χ4v) is 5.85. The number of alkyl halides is 6. The van der Waals surface area contributed by atoms with Gasteiger partial charge in [0.05, 0.1) is 12.2 Å². The summed E-state index contributed by atoms with van der Waals surface area (Å²) in [5, 5.41) is 9.03. The minimum atomic E-state index is -4.70. The second-order valence-electron chi connectivity index (χ2n) is 10.2. The molecule has 14 heteroatoms. The molecule has 0 atom stereocenters. The third-order valence-electron chi connectivity index (χ3n) is 7.87. The van der Waals surface area contributed by atoms with Crippen LogP contribution in [0.4, 0.5) is 36.6 Å². The monoisotopic (exact) mass is 574 g/mol. The summed E-state index contributed by atoms with van der Waals surface area (Å²) in [4.78, 5) is 6.38. The number of benzene rings is 1. The van der Waals surface area contributed by atoms with Crippen LogP contribution in [0.2, 0.25) is 5.02 Å². The van der Waals surface area contributed by atoms with Gasteiger partial charge in [-0.1, -0.05) is 11.6 Å². The number of nitrogens with zero attached hydrogens (tertiary/aromatic N) is 6. The van der Waals surface area contributed by atoms with Crippen LogP contribution in [0.1, 0.15) is 54.5 Å². The Bertz CT molecular complexity index is 1410. The first-order valence-corrected chi connectivity index (χ1v) is 12.8. The van der Waals surface area contributed by atoms with Gasteiger partial charge in [0, 0.05) is 30.6 Å². The lowest BCUT2D eigenvalue weighted by Crippen LogP contribution is -2.47. The Balaban J connectivity index is 1.30. The summed E-state index contributed by atoms with van der Waals surface area (Å²) in [6.45, 7) is 0.415. The zero-order valence-corrected chi connectivity index (χ0v) is 21.1. The Morgan fingerprint density at radius 3 is 2.28 bits per heavy atom. The van der Waals surface area contributed by atoms with E-state index < -0.39 is 29.4 Å². The molecule has 3 aliphatic rings. The van der Waals surface area contributed by atoms with E-state index in [2.05, 4.69) is 15.2 Å². The molecular weight excluding hydrogens is 553 g/mol. The lowest BCUT2D eigenvalue weighted by atomic mass is 9.95. The SMILES string of the molecule is Fc1ccc(C(F)(F)F)nc1N1CCC(c2nnc3n2-c2ccc(Cl)cc2CN(C2(C(F)(F)F)CC2)C3)CC1. The Hall–Kier alpha value is -2.93. The van der Waals surface area contributed by atoms with E-state index in [-0.39, 0.29) is 50.8 Å². The van der Waals surface area contributed by atoms with E-state index in [0.29, 0.717) is 46.8 Å². The van der Waals surface area contributed by atoms with Gasteiger partial charge in [-0.05, 0) is 61.6 Å². The number of anilines is 1. The minimum Gasteiger partial charge on any atom is -0.354 e. The lowest BCUT2D eigenvalue weighted by Gasteiger charge is -2.33. The van der Waals surface area contributed by atoms with Crippen LogP contribution in [0.3, 0.4) is 0 Å². The minimum absolute atomic E-state index is 0.00594. The number of rotatable bonds is 3. The number of fused-ring (bicyclic) bond motifs is 3. The van der Waals surface area contributed by atoms with Crippen LogP contribution in [0.5, 0.6) is 0 Å². The Morgan fingerprint density at radius 2 is 1.64 bits per heavy atom. The summed E-state index contributed by atoms with van der Waals surface area (Å²) in [6, 6.07) is 6.41. The Labute approximate surface area is 223 Å². The Morgan fingerprint density at radius 1 is 0.923 bits per heavy atom. The maximum absolute atomic E-state index is 14.4. The van der Waals surface area contributed by atoms with Crippen molar-refractivity contribution in [1.82, 2.24) is 24.6 Å². The van der Waals surface area contributed by atoms with Crippen LogP contribution >= 0.6 is 11.6 Å². The molecule has 2 fully saturated rings. The van der Waals surface area contributed by atoms with Crippen molar-refractivity contribution in [3.8, 4) is 5.69 Å². The van der Waals surface area contributed by atoms with Crippen LogP contribution in [0.15, 0.2) is 30.3 Å². The number of halogens is 8. The number of pyridine rings is 1. The van der Waals surface area contributed by atoms with Crippen molar-refractivity contribution < 1.29 is 30.7 Å². The summed E-state index contributed by atoms with van der Waals surface area (Å²) >= 11 is 6.22. The molecule has 0 radical (unpaired) electrons. The van der Waals surface area contributed by atoms with Crippen LogP contribution in [-0.2, 0) is 19.3 Å². The molecule has 3 aromatic rings. The predicted octanol–water partition coefficient (Wildman–Crippen LogP) is 6.27. The topological polar surface area (TPSA) is 50.1 Å². The lowest BCUT2D eigenvalue weighted by molar-refractivity contribution is -0.200. The molecule has 0 spiro atoms. The quantitative estimate of drug-likeness (QED) is 0.345. The van der Waals surface area contributed by atoms with Crippen molar-refractivity contribution in [2.24, 2.45) is 0 Å². The maximum atomic E-state index is 14.4. The van der Waals surface area contributed by atoms with Gasteiger partial charge >= 0.3 is 12.4 Å². The molecule has 1 saturated heterocycles. The number of piperidine rings is 1. The van der Waals surface area contributed by atoms with Gasteiger partial charge < -0.3 is 4.90 Å². The zero-order valence-electron chi connectivity index (χ0n) is 20.3. The summed E-state index contributed by atoms with van der Waals surface area (Å²) < 4.78 is 97.7. The first kappa shape index (κ1) is 26.3. The number of aromatic nitrogens is 4. The van der Waals surface area contributed by atoms with Crippen molar-refractivity contribution in [2.45, 2.75) is 62.6 Å². The van der Waals surface area contributed by atoms with Crippen LogP contribution in [-0.4, -0.2) is 49.5 Å². The molecule has 208 valence electrons. The first-order chi connectivity index (χ1) is 18.4. The van der Waals surface area contributed by atoms with Crippen molar-refractivity contribution in [2.75, 3.05) is 18.0 Å². The molecule has 1 saturated carbocycles. The van der Waals surface area contributed by atoms with E-state index in [1.807, 2.05) is 0 Å². The highest BCUT2D eigenvalue weighted by Gasteiger charge is 2.66. The molecule has 0 amide bonds. The normalized spacial score (nSPS) is 19.9. The molecule has 4 heterocycles. The molecule has 0 unspecified atom stereocenters. The van der Waals surface area contributed by atoms with Gasteiger partial charge in [-0.3, -0.25) is 9.47 Å². The van der Waals surface area contributed by atoms with E-state index in [1.165, 1.54) is 9.80 Å². The average Bonchev–Trinajstić information content (AvgIpc) is 3.62. The van der Waals surface area contributed by atoms with Gasteiger partial charge in [0.15, 0.2) is 17.5 Å². The third kappa shape index (κ3) is 4.52. The fraction of sp³-hybridized carbons (Fsp3) is 0.480. The number of hydrogen-bond acceptors (Lipinski definition) is 5. The van der Waals surface area contributed by atoms with Crippen molar-refractivity contribution >= 4 is 17.4 Å². The largest absolute Gasteiger partial charge is 0.433 e. The zero-order chi connectivity index (χ0) is 27.7. The molecule has 1 aliphatic carbocycles.